The Kier molecular flexibility index (Phi) is 4.83. The van der Waals surface area contributed by atoms with E-state index in [4.69, 9.17) is 0 Å². The third-order valence-electron chi connectivity index (χ3n) is 2.50. The van der Waals surface area contributed by atoms with Crippen LogP contribution in [0.25, 0.3) is 0 Å². The molecule has 0 fully saturated rings. The van der Waals surface area contributed by atoms with E-state index in [9.17, 15) is 4.79 Å². The molecule has 1 aromatic rings. The third kappa shape index (κ3) is 3.57. The van der Waals surface area contributed by atoms with Gasteiger partial charge in [0.05, 0.1) is 0 Å². The first-order chi connectivity index (χ1) is 7.65. The molecule has 0 saturated heterocycles. The summed E-state index contributed by atoms with van der Waals surface area (Å²) < 4.78 is 0. The number of nitrogens with zero attached hydrogens (tertiary/aromatic N) is 1. The lowest BCUT2D eigenvalue weighted by Gasteiger charge is -2.18. The molecule has 1 rings (SSSR count). The number of carbonyl (C=O) groups is 1. The zero-order valence-corrected chi connectivity index (χ0v) is 10.3. The number of hydrogen-bond acceptors (Lipinski definition) is 1. The first-order valence-corrected chi connectivity index (χ1v) is 5.73. The second-order valence-corrected chi connectivity index (χ2v) is 3.98. The van der Waals surface area contributed by atoms with Gasteiger partial charge in [-0.2, -0.15) is 0 Å². The van der Waals surface area contributed by atoms with Gasteiger partial charge in [-0.05, 0) is 31.0 Å². The molecule has 0 aliphatic heterocycles. The van der Waals surface area contributed by atoms with Crippen molar-refractivity contribution in [3.8, 4) is 0 Å². The van der Waals surface area contributed by atoms with E-state index in [1.54, 1.807) is 11.9 Å². The maximum absolute atomic E-state index is 11.7. The molecule has 0 aromatic heterocycles. The van der Waals surface area contributed by atoms with E-state index in [2.05, 4.69) is 12.2 Å². The summed E-state index contributed by atoms with van der Waals surface area (Å²) in [6.45, 7) is 4.87. The van der Waals surface area contributed by atoms with Gasteiger partial charge >= 0.3 is 6.03 Å². The fourth-order valence-electron chi connectivity index (χ4n) is 1.44. The standard InChI is InChI=1S/C13H20N2O/c1-4-5-9-14-13(16)15(3)12-8-6-7-11(2)10-12/h6-8,10H,4-5,9H2,1-3H3,(H,14,16). The minimum absolute atomic E-state index is 0.0425. The van der Waals surface area contributed by atoms with Crippen molar-refractivity contribution in [1.29, 1.82) is 0 Å². The SMILES string of the molecule is CCCCNC(=O)N(C)c1cccc(C)c1. The van der Waals surface area contributed by atoms with Crippen LogP contribution in [0.5, 0.6) is 0 Å². The molecule has 0 spiro atoms. The van der Waals surface area contributed by atoms with Gasteiger partial charge in [0.15, 0.2) is 0 Å². The summed E-state index contributed by atoms with van der Waals surface area (Å²) in [5, 5.41) is 2.89. The van der Waals surface area contributed by atoms with Crippen LogP contribution in [-0.2, 0) is 0 Å². The molecule has 0 heterocycles. The molecule has 0 radical (unpaired) electrons. The van der Waals surface area contributed by atoms with Crippen LogP contribution < -0.4 is 10.2 Å². The third-order valence-corrected chi connectivity index (χ3v) is 2.50. The molecule has 0 unspecified atom stereocenters. The van der Waals surface area contributed by atoms with E-state index in [0.717, 1.165) is 30.6 Å². The fourth-order valence-corrected chi connectivity index (χ4v) is 1.44. The minimum Gasteiger partial charge on any atom is -0.338 e. The van der Waals surface area contributed by atoms with Gasteiger partial charge in [-0.15, -0.1) is 0 Å². The first-order valence-electron chi connectivity index (χ1n) is 5.73. The van der Waals surface area contributed by atoms with E-state index < -0.39 is 0 Å². The van der Waals surface area contributed by atoms with Crippen molar-refractivity contribution in [2.75, 3.05) is 18.5 Å². The lowest BCUT2D eigenvalue weighted by molar-refractivity contribution is 0.247. The minimum atomic E-state index is -0.0425. The molecule has 0 atom stereocenters. The number of hydrogen-bond donors (Lipinski definition) is 1. The highest BCUT2D eigenvalue weighted by atomic mass is 16.2. The second-order valence-electron chi connectivity index (χ2n) is 3.98. The van der Waals surface area contributed by atoms with Gasteiger partial charge in [-0.25, -0.2) is 4.79 Å². The molecular formula is C13H20N2O. The van der Waals surface area contributed by atoms with Crippen LogP contribution in [0, 0.1) is 6.92 Å². The number of unbranched alkanes of at least 4 members (excludes halogenated alkanes) is 1. The molecule has 1 N–H and O–H groups in total. The van der Waals surface area contributed by atoms with E-state index in [1.165, 1.54) is 0 Å². The van der Waals surface area contributed by atoms with Crippen molar-refractivity contribution < 1.29 is 4.79 Å². The van der Waals surface area contributed by atoms with Crippen LogP contribution in [0.15, 0.2) is 24.3 Å². The van der Waals surface area contributed by atoms with Crippen LogP contribution in [0.1, 0.15) is 25.3 Å². The number of carbonyl (C=O) groups excluding carboxylic acids is 1. The Morgan fingerprint density at radius 2 is 2.19 bits per heavy atom. The average molecular weight is 220 g/mol. The predicted octanol–water partition coefficient (Wildman–Crippen LogP) is 2.94. The van der Waals surface area contributed by atoms with E-state index in [0.29, 0.717) is 0 Å². The lowest BCUT2D eigenvalue weighted by atomic mass is 10.2. The number of urea groups is 1. The summed E-state index contributed by atoms with van der Waals surface area (Å²) in [7, 11) is 1.79. The predicted molar refractivity (Wildman–Crippen MR) is 67.9 cm³/mol. The molecular weight excluding hydrogens is 200 g/mol. The van der Waals surface area contributed by atoms with Crippen LogP contribution in [0.2, 0.25) is 0 Å². The number of nitrogens with one attached hydrogen (secondary N) is 1. The molecule has 1 aromatic carbocycles. The van der Waals surface area contributed by atoms with Gasteiger partial charge in [-0.3, -0.25) is 4.90 Å². The number of anilines is 1. The molecule has 3 heteroatoms. The normalized spacial score (nSPS) is 9.94. The lowest BCUT2D eigenvalue weighted by Crippen LogP contribution is -2.37. The summed E-state index contributed by atoms with van der Waals surface area (Å²) in [6, 6.07) is 7.87. The molecule has 2 amide bonds. The van der Waals surface area contributed by atoms with Crippen LogP contribution in [-0.4, -0.2) is 19.6 Å². The zero-order chi connectivity index (χ0) is 12.0. The van der Waals surface area contributed by atoms with Crippen LogP contribution in [0.4, 0.5) is 10.5 Å². The summed E-state index contributed by atoms with van der Waals surface area (Å²) in [5.41, 5.74) is 2.08. The fraction of sp³-hybridized carbons (Fsp3) is 0.462. The van der Waals surface area contributed by atoms with Crippen LogP contribution >= 0.6 is 0 Å². The monoisotopic (exact) mass is 220 g/mol. The van der Waals surface area contributed by atoms with Crippen molar-refractivity contribution in [1.82, 2.24) is 5.32 Å². The molecule has 0 aliphatic rings. The number of amides is 2. The molecule has 0 aliphatic carbocycles. The topological polar surface area (TPSA) is 32.3 Å². The first kappa shape index (κ1) is 12.6. The number of rotatable bonds is 4. The van der Waals surface area contributed by atoms with Gasteiger partial charge in [0.1, 0.15) is 0 Å². The average Bonchev–Trinajstić information content (AvgIpc) is 2.28. The quantitative estimate of drug-likeness (QED) is 0.777. The highest BCUT2D eigenvalue weighted by Crippen LogP contribution is 2.13. The summed E-state index contributed by atoms with van der Waals surface area (Å²) in [4.78, 5) is 13.4. The molecule has 3 nitrogen and oxygen atoms in total. The van der Waals surface area contributed by atoms with E-state index in [1.807, 2.05) is 31.2 Å². The second kappa shape index (κ2) is 6.16. The Morgan fingerprint density at radius 1 is 1.44 bits per heavy atom. The maximum Gasteiger partial charge on any atom is 0.321 e. The molecule has 88 valence electrons. The zero-order valence-electron chi connectivity index (χ0n) is 10.3. The summed E-state index contributed by atoms with van der Waals surface area (Å²) >= 11 is 0. The molecule has 16 heavy (non-hydrogen) atoms. The summed E-state index contributed by atoms with van der Waals surface area (Å²) in [6.07, 6.45) is 2.11. The molecule has 0 bridgehead atoms. The Bertz CT molecular complexity index is 350. The van der Waals surface area contributed by atoms with E-state index >= 15 is 0 Å². The van der Waals surface area contributed by atoms with Crippen molar-refractivity contribution >= 4 is 11.7 Å². The molecule has 0 saturated carbocycles. The van der Waals surface area contributed by atoms with Crippen molar-refractivity contribution in [3.05, 3.63) is 29.8 Å². The Balaban J connectivity index is 2.56. The Morgan fingerprint density at radius 3 is 2.81 bits per heavy atom. The largest absolute Gasteiger partial charge is 0.338 e. The Hall–Kier alpha value is -1.51. The van der Waals surface area contributed by atoms with Crippen molar-refractivity contribution in [2.45, 2.75) is 26.7 Å². The van der Waals surface area contributed by atoms with Gasteiger partial charge in [0.25, 0.3) is 0 Å². The maximum atomic E-state index is 11.7. The Labute approximate surface area is 97.5 Å². The smallest absolute Gasteiger partial charge is 0.321 e. The highest BCUT2D eigenvalue weighted by Gasteiger charge is 2.09. The number of aryl methyl sites for hydroxylation is 1. The van der Waals surface area contributed by atoms with E-state index in [-0.39, 0.29) is 6.03 Å². The van der Waals surface area contributed by atoms with Crippen molar-refractivity contribution in [2.24, 2.45) is 0 Å². The van der Waals surface area contributed by atoms with Gasteiger partial charge in [-0.1, -0.05) is 25.5 Å². The van der Waals surface area contributed by atoms with Crippen LogP contribution in [0.3, 0.4) is 0 Å². The van der Waals surface area contributed by atoms with Crippen molar-refractivity contribution in [3.63, 3.8) is 0 Å². The highest BCUT2D eigenvalue weighted by molar-refractivity contribution is 5.91. The van der Waals surface area contributed by atoms with Gasteiger partial charge in [0, 0.05) is 19.3 Å². The number of benzene rings is 1. The summed E-state index contributed by atoms with van der Waals surface area (Å²) in [5.74, 6) is 0. The van der Waals surface area contributed by atoms with Gasteiger partial charge < -0.3 is 5.32 Å². The van der Waals surface area contributed by atoms with Gasteiger partial charge in [0.2, 0.25) is 0 Å².